The Morgan fingerprint density at radius 3 is 2.56 bits per heavy atom. The third kappa shape index (κ3) is 4.46. The van der Waals surface area contributed by atoms with Crippen molar-refractivity contribution in [2.75, 3.05) is 31.2 Å². The third-order valence-corrected chi connectivity index (χ3v) is 6.78. The number of nitrogens with zero attached hydrogens (tertiary/aromatic N) is 1. The first-order valence-electron chi connectivity index (χ1n) is 11.9. The minimum Gasteiger partial charge on any atom is -0.459 e. The lowest BCUT2D eigenvalue weighted by molar-refractivity contribution is -0.142. The van der Waals surface area contributed by atoms with Gasteiger partial charge in [-0.3, -0.25) is 4.79 Å². The predicted molar refractivity (Wildman–Crippen MR) is 124 cm³/mol. The smallest absolute Gasteiger partial charge is 0.336 e. The average molecular weight is 439 g/mol. The molecule has 0 bridgehead atoms. The van der Waals surface area contributed by atoms with Gasteiger partial charge in [-0.1, -0.05) is 12.1 Å². The molecule has 2 atom stereocenters. The van der Waals surface area contributed by atoms with Gasteiger partial charge in [0.15, 0.2) is 5.78 Å². The summed E-state index contributed by atoms with van der Waals surface area (Å²) in [5.74, 6) is -0.650. The summed E-state index contributed by atoms with van der Waals surface area (Å²) in [6.07, 6.45) is 4.06. The second kappa shape index (κ2) is 9.90. The molecule has 4 rings (SSSR count). The van der Waals surface area contributed by atoms with Gasteiger partial charge in [0, 0.05) is 54.7 Å². The zero-order valence-electron chi connectivity index (χ0n) is 19.4. The topological polar surface area (TPSA) is 67.9 Å². The maximum atomic E-state index is 13.3. The molecule has 0 saturated carbocycles. The Bertz CT molecular complexity index is 922. The summed E-state index contributed by atoms with van der Waals surface area (Å²) in [5.41, 5.74) is 5.07. The van der Waals surface area contributed by atoms with Gasteiger partial charge in [-0.15, -0.1) is 0 Å². The van der Waals surface area contributed by atoms with Crippen molar-refractivity contribution in [1.82, 2.24) is 5.32 Å². The van der Waals surface area contributed by atoms with E-state index in [4.69, 9.17) is 9.47 Å². The lowest BCUT2D eigenvalue weighted by Crippen LogP contribution is -2.35. The molecule has 0 amide bonds. The molecular formula is C26H34N2O4. The van der Waals surface area contributed by atoms with Gasteiger partial charge < -0.3 is 19.7 Å². The van der Waals surface area contributed by atoms with Gasteiger partial charge in [-0.2, -0.15) is 0 Å². The molecular weight excluding hydrogens is 404 g/mol. The molecule has 6 nitrogen and oxygen atoms in total. The molecule has 2 aliphatic heterocycles. The van der Waals surface area contributed by atoms with Crippen LogP contribution in [0.2, 0.25) is 0 Å². The number of allylic oxidation sites excluding steroid dienone is 3. The molecule has 1 aliphatic carbocycles. The number of carbonyl (C=O) groups excluding carboxylic acids is 2. The molecule has 1 fully saturated rings. The molecule has 1 aromatic carbocycles. The van der Waals surface area contributed by atoms with Crippen LogP contribution < -0.4 is 10.2 Å². The fourth-order valence-electron chi connectivity index (χ4n) is 5.08. The molecule has 0 radical (unpaired) electrons. The maximum Gasteiger partial charge on any atom is 0.336 e. The number of ketones is 1. The summed E-state index contributed by atoms with van der Waals surface area (Å²) in [7, 11) is 0. The van der Waals surface area contributed by atoms with E-state index in [1.165, 1.54) is 0 Å². The second-order valence-corrected chi connectivity index (χ2v) is 8.76. The Kier molecular flexibility index (Phi) is 6.99. The zero-order valence-corrected chi connectivity index (χ0v) is 19.4. The SMILES string of the molecule is CCN(CC)c1ccc([C@H]2C(C(=O)OC[C@H]3CCCO3)=C(C)NC3=C2C(=O)CCC3)cc1. The number of benzene rings is 1. The minimum absolute atomic E-state index is 0.0331. The number of rotatable bonds is 7. The van der Waals surface area contributed by atoms with Crippen molar-refractivity contribution >= 4 is 17.4 Å². The van der Waals surface area contributed by atoms with Gasteiger partial charge in [0.1, 0.15) is 6.61 Å². The summed E-state index contributed by atoms with van der Waals surface area (Å²) in [4.78, 5) is 28.6. The van der Waals surface area contributed by atoms with Crippen LogP contribution in [0.1, 0.15) is 64.4 Å². The molecule has 172 valence electrons. The molecule has 0 spiro atoms. The van der Waals surface area contributed by atoms with E-state index in [0.29, 0.717) is 12.0 Å². The number of esters is 1. The highest BCUT2D eigenvalue weighted by atomic mass is 16.6. The highest BCUT2D eigenvalue weighted by Crippen LogP contribution is 2.42. The maximum absolute atomic E-state index is 13.3. The van der Waals surface area contributed by atoms with E-state index in [1.54, 1.807) is 0 Å². The van der Waals surface area contributed by atoms with E-state index in [9.17, 15) is 9.59 Å². The molecule has 3 aliphatic rings. The second-order valence-electron chi connectivity index (χ2n) is 8.76. The normalized spacial score (nSPS) is 23.2. The molecule has 1 N–H and O–H groups in total. The van der Waals surface area contributed by atoms with Crippen LogP contribution in [0.5, 0.6) is 0 Å². The lowest BCUT2D eigenvalue weighted by Gasteiger charge is -2.34. The summed E-state index contributed by atoms with van der Waals surface area (Å²) in [6, 6.07) is 8.28. The van der Waals surface area contributed by atoms with Gasteiger partial charge in [-0.25, -0.2) is 4.79 Å². The fraction of sp³-hybridized carbons (Fsp3) is 0.538. The summed E-state index contributed by atoms with van der Waals surface area (Å²) in [5, 5.41) is 3.35. The number of ether oxygens (including phenoxy) is 2. The Balaban J connectivity index is 1.67. The number of hydrogen-bond acceptors (Lipinski definition) is 6. The largest absolute Gasteiger partial charge is 0.459 e. The van der Waals surface area contributed by atoms with Crippen LogP contribution in [-0.2, 0) is 19.1 Å². The van der Waals surface area contributed by atoms with Crippen LogP contribution in [0.3, 0.4) is 0 Å². The van der Waals surface area contributed by atoms with Gasteiger partial charge in [0.2, 0.25) is 0 Å². The average Bonchev–Trinajstić information content (AvgIpc) is 3.32. The van der Waals surface area contributed by atoms with Crippen molar-refractivity contribution in [3.63, 3.8) is 0 Å². The van der Waals surface area contributed by atoms with Crippen molar-refractivity contribution in [2.24, 2.45) is 0 Å². The monoisotopic (exact) mass is 438 g/mol. The minimum atomic E-state index is -0.401. The zero-order chi connectivity index (χ0) is 22.7. The van der Waals surface area contributed by atoms with Crippen molar-refractivity contribution in [3.05, 3.63) is 52.4 Å². The van der Waals surface area contributed by atoms with Gasteiger partial charge in [-0.05, 0) is 64.2 Å². The van der Waals surface area contributed by atoms with Gasteiger partial charge in [0.25, 0.3) is 0 Å². The fourth-order valence-corrected chi connectivity index (χ4v) is 5.08. The van der Waals surface area contributed by atoms with Crippen LogP contribution in [0.4, 0.5) is 5.69 Å². The van der Waals surface area contributed by atoms with Crippen molar-refractivity contribution in [2.45, 2.75) is 64.9 Å². The highest BCUT2D eigenvalue weighted by molar-refractivity contribution is 6.03. The van der Waals surface area contributed by atoms with Crippen molar-refractivity contribution in [3.8, 4) is 0 Å². The first kappa shape index (κ1) is 22.6. The molecule has 1 aromatic rings. The Hall–Kier alpha value is -2.60. The number of carbonyl (C=O) groups is 2. The van der Waals surface area contributed by atoms with E-state index in [2.05, 4.69) is 48.3 Å². The number of anilines is 1. The quantitative estimate of drug-likeness (QED) is 0.643. The number of Topliss-reactive ketones (excluding diaryl/α,β-unsaturated/α-hetero) is 1. The Morgan fingerprint density at radius 1 is 1.16 bits per heavy atom. The lowest BCUT2D eigenvalue weighted by atomic mass is 9.75. The third-order valence-electron chi connectivity index (χ3n) is 6.78. The van der Waals surface area contributed by atoms with Crippen LogP contribution in [0.25, 0.3) is 0 Å². The summed E-state index contributed by atoms with van der Waals surface area (Å²) >= 11 is 0. The van der Waals surface area contributed by atoms with Gasteiger partial charge in [0.05, 0.1) is 11.7 Å². The highest BCUT2D eigenvalue weighted by Gasteiger charge is 2.39. The van der Waals surface area contributed by atoms with Crippen LogP contribution >= 0.6 is 0 Å². The van der Waals surface area contributed by atoms with Crippen LogP contribution in [-0.4, -0.2) is 44.2 Å². The molecule has 32 heavy (non-hydrogen) atoms. The van der Waals surface area contributed by atoms with E-state index in [0.717, 1.165) is 73.6 Å². The molecule has 1 saturated heterocycles. The standard InChI is InChI=1S/C26H34N2O4/c1-4-28(5-2)19-13-11-18(12-14-19)24-23(26(30)32-16-20-8-7-15-31-20)17(3)27-21-9-6-10-22(29)25(21)24/h11-14,20,24,27H,4-10,15-16H2,1-3H3/t20-,24+/m1/s1. The predicted octanol–water partition coefficient (Wildman–Crippen LogP) is 4.22. The van der Waals surface area contributed by atoms with Crippen molar-refractivity contribution < 1.29 is 19.1 Å². The number of dihydropyridines is 1. The van der Waals surface area contributed by atoms with Gasteiger partial charge >= 0.3 is 5.97 Å². The number of hydrogen-bond donors (Lipinski definition) is 1. The van der Waals surface area contributed by atoms with Crippen LogP contribution in [0.15, 0.2) is 46.8 Å². The Morgan fingerprint density at radius 2 is 1.91 bits per heavy atom. The van der Waals surface area contributed by atoms with E-state index >= 15 is 0 Å². The summed E-state index contributed by atoms with van der Waals surface area (Å²) in [6.45, 7) is 9.00. The number of nitrogens with one attached hydrogen (secondary N) is 1. The van der Waals surface area contributed by atoms with Crippen LogP contribution in [0, 0.1) is 0 Å². The summed E-state index contributed by atoms with van der Waals surface area (Å²) < 4.78 is 11.3. The van der Waals surface area contributed by atoms with E-state index in [-0.39, 0.29) is 24.5 Å². The molecule has 0 aromatic heterocycles. The molecule has 6 heteroatoms. The first-order chi connectivity index (χ1) is 15.5. The van der Waals surface area contributed by atoms with E-state index in [1.807, 2.05) is 6.92 Å². The van der Waals surface area contributed by atoms with E-state index < -0.39 is 5.92 Å². The molecule has 2 heterocycles. The van der Waals surface area contributed by atoms with Crippen molar-refractivity contribution in [1.29, 1.82) is 0 Å². The molecule has 0 unspecified atom stereocenters. The first-order valence-corrected chi connectivity index (χ1v) is 11.9. The Labute approximate surface area is 190 Å².